The summed E-state index contributed by atoms with van der Waals surface area (Å²) in [5.74, 6) is -1.93. The molecule has 8 nitrogen and oxygen atoms in total. The van der Waals surface area contributed by atoms with Crippen molar-refractivity contribution in [2.45, 2.75) is 12.8 Å². The lowest BCUT2D eigenvalue weighted by Crippen LogP contribution is -2.42. The molecule has 2 amide bonds. The van der Waals surface area contributed by atoms with Crippen LogP contribution >= 0.6 is 0 Å². The van der Waals surface area contributed by atoms with Gasteiger partial charge >= 0.3 is 11.9 Å². The quantitative estimate of drug-likeness (QED) is 0.644. The van der Waals surface area contributed by atoms with Gasteiger partial charge in [0.25, 0.3) is 11.8 Å². The van der Waals surface area contributed by atoms with Crippen molar-refractivity contribution in [3.8, 4) is 0 Å². The fourth-order valence-corrected chi connectivity index (χ4v) is 3.62. The van der Waals surface area contributed by atoms with Crippen molar-refractivity contribution in [2.24, 2.45) is 5.92 Å². The number of piperidine rings is 1. The first kappa shape index (κ1) is 23.0. The Labute approximate surface area is 186 Å². The van der Waals surface area contributed by atoms with Crippen LogP contribution in [0, 0.1) is 5.92 Å². The number of para-hydroxylation sites is 1. The highest BCUT2D eigenvalue weighted by molar-refractivity contribution is 6.12. The van der Waals surface area contributed by atoms with Crippen LogP contribution in [0.2, 0.25) is 0 Å². The number of amides is 2. The maximum Gasteiger partial charge on any atom is 0.339 e. The van der Waals surface area contributed by atoms with E-state index in [9.17, 15) is 19.2 Å². The molecule has 0 spiro atoms. The standard InChI is InChI=1S/C24H26N2O6/c1-25(18-8-4-3-5-9-18)22(28)19-10-6-7-11-20(19)24(30)32-16-21(27)26-14-12-17(13-15-26)23(29)31-2/h3-11,17H,12-16H2,1-2H3. The Morgan fingerprint density at radius 1 is 0.938 bits per heavy atom. The minimum absolute atomic E-state index is 0.0949. The number of benzene rings is 2. The molecular formula is C24H26N2O6. The van der Waals surface area contributed by atoms with Crippen LogP contribution in [-0.2, 0) is 19.1 Å². The summed E-state index contributed by atoms with van der Waals surface area (Å²) in [7, 11) is 2.97. The number of rotatable bonds is 6. The van der Waals surface area contributed by atoms with Gasteiger partial charge in [-0.05, 0) is 37.1 Å². The number of carbonyl (C=O) groups excluding carboxylic acids is 4. The summed E-state index contributed by atoms with van der Waals surface area (Å²) in [6.45, 7) is 0.360. The Morgan fingerprint density at radius 3 is 2.16 bits per heavy atom. The molecule has 32 heavy (non-hydrogen) atoms. The number of methoxy groups -OCH3 is 1. The molecule has 1 heterocycles. The first-order chi connectivity index (χ1) is 15.4. The average Bonchev–Trinajstić information content (AvgIpc) is 2.86. The number of hydrogen-bond donors (Lipinski definition) is 0. The van der Waals surface area contributed by atoms with E-state index in [1.165, 1.54) is 18.1 Å². The lowest BCUT2D eigenvalue weighted by atomic mass is 9.97. The first-order valence-corrected chi connectivity index (χ1v) is 10.4. The topological polar surface area (TPSA) is 93.2 Å². The van der Waals surface area contributed by atoms with E-state index in [1.54, 1.807) is 42.3 Å². The van der Waals surface area contributed by atoms with Crippen molar-refractivity contribution in [2.75, 3.05) is 38.8 Å². The van der Waals surface area contributed by atoms with Crippen LogP contribution in [0.1, 0.15) is 33.6 Å². The first-order valence-electron chi connectivity index (χ1n) is 10.4. The zero-order valence-corrected chi connectivity index (χ0v) is 18.2. The van der Waals surface area contributed by atoms with Gasteiger partial charge < -0.3 is 19.3 Å². The molecule has 1 saturated heterocycles. The van der Waals surface area contributed by atoms with Crippen molar-refractivity contribution >= 4 is 29.4 Å². The van der Waals surface area contributed by atoms with Gasteiger partial charge in [0.1, 0.15) is 0 Å². The number of carbonyl (C=O) groups is 4. The maximum absolute atomic E-state index is 13.0. The Bertz CT molecular complexity index is 983. The van der Waals surface area contributed by atoms with E-state index >= 15 is 0 Å². The summed E-state index contributed by atoms with van der Waals surface area (Å²) in [6.07, 6.45) is 1.02. The van der Waals surface area contributed by atoms with Gasteiger partial charge in [0.05, 0.1) is 24.2 Å². The molecule has 0 bridgehead atoms. The summed E-state index contributed by atoms with van der Waals surface area (Å²) in [6, 6.07) is 15.4. The fraction of sp³-hybridized carbons (Fsp3) is 0.333. The van der Waals surface area contributed by atoms with Crippen LogP contribution in [-0.4, -0.2) is 62.5 Å². The Morgan fingerprint density at radius 2 is 1.53 bits per heavy atom. The van der Waals surface area contributed by atoms with Crippen LogP contribution in [0.25, 0.3) is 0 Å². The molecule has 2 aromatic carbocycles. The number of esters is 2. The largest absolute Gasteiger partial charge is 0.469 e. The van der Waals surface area contributed by atoms with Crippen molar-refractivity contribution in [1.82, 2.24) is 4.90 Å². The number of nitrogens with zero attached hydrogens (tertiary/aromatic N) is 2. The summed E-state index contributed by atoms with van der Waals surface area (Å²) in [5.41, 5.74) is 0.971. The van der Waals surface area contributed by atoms with E-state index in [2.05, 4.69) is 0 Å². The number of hydrogen-bond acceptors (Lipinski definition) is 6. The molecule has 2 aromatic rings. The van der Waals surface area contributed by atoms with E-state index in [1.807, 2.05) is 18.2 Å². The van der Waals surface area contributed by atoms with Crippen molar-refractivity contribution in [3.63, 3.8) is 0 Å². The molecule has 168 valence electrons. The van der Waals surface area contributed by atoms with Crippen LogP contribution in [0.4, 0.5) is 5.69 Å². The van der Waals surface area contributed by atoms with Crippen LogP contribution in [0.3, 0.4) is 0 Å². The predicted molar refractivity (Wildman–Crippen MR) is 117 cm³/mol. The van der Waals surface area contributed by atoms with Gasteiger partial charge in [0, 0.05) is 25.8 Å². The molecule has 0 radical (unpaired) electrons. The minimum Gasteiger partial charge on any atom is -0.469 e. The van der Waals surface area contributed by atoms with Crippen molar-refractivity contribution < 1.29 is 28.7 Å². The SMILES string of the molecule is COC(=O)C1CCN(C(=O)COC(=O)c2ccccc2C(=O)N(C)c2ccccc2)CC1. The number of ether oxygens (including phenoxy) is 2. The highest BCUT2D eigenvalue weighted by Gasteiger charge is 2.29. The highest BCUT2D eigenvalue weighted by Crippen LogP contribution is 2.20. The zero-order chi connectivity index (χ0) is 23.1. The second kappa shape index (κ2) is 10.6. The molecule has 8 heteroatoms. The smallest absolute Gasteiger partial charge is 0.339 e. The summed E-state index contributed by atoms with van der Waals surface area (Å²) >= 11 is 0. The third kappa shape index (κ3) is 5.32. The minimum atomic E-state index is -0.742. The molecule has 0 aromatic heterocycles. The van der Waals surface area contributed by atoms with Gasteiger partial charge in [0.15, 0.2) is 6.61 Å². The van der Waals surface area contributed by atoms with Crippen molar-refractivity contribution in [1.29, 1.82) is 0 Å². The fourth-order valence-electron chi connectivity index (χ4n) is 3.62. The van der Waals surface area contributed by atoms with E-state index in [0.717, 1.165) is 0 Å². The van der Waals surface area contributed by atoms with Gasteiger partial charge in [-0.3, -0.25) is 14.4 Å². The normalized spacial score (nSPS) is 13.9. The summed E-state index contributed by atoms with van der Waals surface area (Å²) in [4.78, 5) is 52.7. The van der Waals surface area contributed by atoms with Crippen molar-refractivity contribution in [3.05, 3.63) is 65.7 Å². The molecule has 1 aliphatic heterocycles. The lowest BCUT2D eigenvalue weighted by molar-refractivity contribution is -0.149. The van der Waals surface area contributed by atoms with Gasteiger partial charge in [-0.25, -0.2) is 4.79 Å². The monoisotopic (exact) mass is 438 g/mol. The maximum atomic E-state index is 13.0. The second-order valence-electron chi connectivity index (χ2n) is 7.50. The van der Waals surface area contributed by atoms with E-state index in [0.29, 0.717) is 31.6 Å². The molecule has 0 saturated carbocycles. The molecular weight excluding hydrogens is 412 g/mol. The molecule has 0 unspecified atom stereocenters. The molecule has 3 rings (SSSR count). The molecule has 1 fully saturated rings. The summed E-state index contributed by atoms with van der Waals surface area (Å²) < 4.78 is 9.97. The van der Waals surface area contributed by atoms with Crippen LogP contribution in [0.5, 0.6) is 0 Å². The summed E-state index contributed by atoms with van der Waals surface area (Å²) in [5, 5.41) is 0. The number of anilines is 1. The Kier molecular flexibility index (Phi) is 7.59. The molecule has 1 aliphatic rings. The van der Waals surface area contributed by atoms with E-state index in [-0.39, 0.29) is 34.8 Å². The highest BCUT2D eigenvalue weighted by atomic mass is 16.5. The Hall–Kier alpha value is -3.68. The van der Waals surface area contributed by atoms with E-state index < -0.39 is 12.6 Å². The lowest BCUT2D eigenvalue weighted by Gasteiger charge is -2.30. The van der Waals surface area contributed by atoms with E-state index in [4.69, 9.17) is 9.47 Å². The third-order valence-corrected chi connectivity index (χ3v) is 5.53. The third-order valence-electron chi connectivity index (χ3n) is 5.53. The predicted octanol–water partition coefficient (Wildman–Crippen LogP) is 2.53. The number of likely N-dealkylation sites (tertiary alicyclic amines) is 1. The second-order valence-corrected chi connectivity index (χ2v) is 7.50. The van der Waals surface area contributed by atoms with Crippen LogP contribution in [0.15, 0.2) is 54.6 Å². The van der Waals surface area contributed by atoms with Gasteiger partial charge in [-0.15, -0.1) is 0 Å². The average molecular weight is 438 g/mol. The van der Waals surface area contributed by atoms with Gasteiger partial charge in [-0.1, -0.05) is 30.3 Å². The Balaban J connectivity index is 1.61. The van der Waals surface area contributed by atoms with Gasteiger partial charge in [0.2, 0.25) is 0 Å². The molecule has 0 N–H and O–H groups in total. The van der Waals surface area contributed by atoms with Crippen LogP contribution < -0.4 is 4.90 Å². The van der Waals surface area contributed by atoms with Gasteiger partial charge in [-0.2, -0.15) is 0 Å². The zero-order valence-electron chi connectivity index (χ0n) is 18.2. The molecule has 0 atom stereocenters. The molecule has 0 aliphatic carbocycles.